The summed E-state index contributed by atoms with van der Waals surface area (Å²) in [6.07, 6.45) is 6.36. The van der Waals surface area contributed by atoms with Gasteiger partial charge in [-0.15, -0.1) is 0 Å². The van der Waals surface area contributed by atoms with Gasteiger partial charge >= 0.3 is 0 Å². The van der Waals surface area contributed by atoms with Gasteiger partial charge in [0.1, 0.15) is 5.84 Å². The van der Waals surface area contributed by atoms with E-state index in [9.17, 15) is 0 Å². The number of benzene rings is 1. The lowest BCUT2D eigenvalue weighted by molar-refractivity contribution is 0.228. The van der Waals surface area contributed by atoms with Crippen LogP contribution >= 0.6 is 0 Å². The number of piperidine rings is 1. The molecule has 1 heterocycles. The summed E-state index contributed by atoms with van der Waals surface area (Å²) in [5.74, 6) is 1.66. The van der Waals surface area contributed by atoms with Gasteiger partial charge in [-0.1, -0.05) is 51.5 Å². The Morgan fingerprint density at radius 1 is 1.08 bits per heavy atom. The molecule has 0 radical (unpaired) electrons. The largest absolute Gasteiger partial charge is 0.387 e. The minimum atomic E-state index is 0.202. The minimum absolute atomic E-state index is 0.202. The second kappa shape index (κ2) is 9.83. The SMILES string of the molecule is CC(C)Cc1ccc([C@@H](C)C(N)=NCCCN2CCCCC2)cc1. The zero-order valence-corrected chi connectivity index (χ0v) is 15.8. The van der Waals surface area contributed by atoms with Gasteiger partial charge < -0.3 is 10.6 Å². The van der Waals surface area contributed by atoms with Gasteiger partial charge in [0.15, 0.2) is 0 Å². The predicted octanol–water partition coefficient (Wildman–Crippen LogP) is 4.22. The van der Waals surface area contributed by atoms with Crippen molar-refractivity contribution >= 4 is 5.84 Å². The highest BCUT2D eigenvalue weighted by Gasteiger charge is 2.11. The van der Waals surface area contributed by atoms with Crippen molar-refractivity contribution in [2.24, 2.45) is 16.6 Å². The van der Waals surface area contributed by atoms with E-state index in [1.165, 1.54) is 43.5 Å². The number of rotatable bonds is 8. The third kappa shape index (κ3) is 6.27. The monoisotopic (exact) mass is 329 g/mol. The van der Waals surface area contributed by atoms with E-state index in [1.807, 2.05) is 0 Å². The van der Waals surface area contributed by atoms with Gasteiger partial charge in [0.05, 0.1) is 0 Å². The number of amidine groups is 1. The Balaban J connectivity index is 1.78. The van der Waals surface area contributed by atoms with Gasteiger partial charge in [0.2, 0.25) is 0 Å². The lowest BCUT2D eigenvalue weighted by Crippen LogP contribution is -2.31. The van der Waals surface area contributed by atoms with Gasteiger partial charge in [0.25, 0.3) is 0 Å². The van der Waals surface area contributed by atoms with Gasteiger partial charge in [0, 0.05) is 12.5 Å². The summed E-state index contributed by atoms with van der Waals surface area (Å²) >= 11 is 0. The van der Waals surface area contributed by atoms with Gasteiger partial charge in [-0.25, -0.2) is 0 Å². The summed E-state index contributed by atoms with van der Waals surface area (Å²) in [5.41, 5.74) is 8.89. The van der Waals surface area contributed by atoms with E-state index >= 15 is 0 Å². The molecule has 1 atom stereocenters. The first-order chi connectivity index (χ1) is 11.6. The third-order valence-electron chi connectivity index (χ3n) is 4.94. The molecule has 3 nitrogen and oxygen atoms in total. The van der Waals surface area contributed by atoms with Crippen LogP contribution in [-0.2, 0) is 6.42 Å². The van der Waals surface area contributed by atoms with E-state index < -0.39 is 0 Å². The smallest absolute Gasteiger partial charge is 0.101 e. The molecule has 134 valence electrons. The fraction of sp³-hybridized carbons (Fsp3) is 0.667. The highest BCUT2D eigenvalue weighted by molar-refractivity contribution is 5.87. The van der Waals surface area contributed by atoms with Crippen LogP contribution in [0.4, 0.5) is 0 Å². The second-order valence-electron chi connectivity index (χ2n) is 7.62. The van der Waals surface area contributed by atoms with E-state index in [4.69, 9.17) is 5.73 Å². The molecule has 3 heteroatoms. The molecule has 1 aromatic carbocycles. The topological polar surface area (TPSA) is 41.6 Å². The zero-order chi connectivity index (χ0) is 17.4. The molecule has 24 heavy (non-hydrogen) atoms. The maximum Gasteiger partial charge on any atom is 0.101 e. The molecule has 2 rings (SSSR count). The quantitative estimate of drug-likeness (QED) is 0.441. The summed E-state index contributed by atoms with van der Waals surface area (Å²) in [5, 5.41) is 0. The van der Waals surface area contributed by atoms with E-state index in [0.29, 0.717) is 5.92 Å². The summed E-state index contributed by atoms with van der Waals surface area (Å²) in [6.45, 7) is 11.2. The van der Waals surface area contributed by atoms with Crippen LogP contribution in [0.5, 0.6) is 0 Å². The van der Waals surface area contributed by atoms with Crippen LogP contribution in [0.15, 0.2) is 29.3 Å². The molecule has 0 aliphatic carbocycles. The summed E-state index contributed by atoms with van der Waals surface area (Å²) in [6, 6.07) is 8.88. The normalized spacial score (nSPS) is 18.1. The van der Waals surface area contributed by atoms with Crippen molar-refractivity contribution in [3.05, 3.63) is 35.4 Å². The molecule has 0 amide bonds. The Labute approximate surface area is 148 Å². The van der Waals surface area contributed by atoms with Gasteiger partial charge in [-0.2, -0.15) is 0 Å². The maximum atomic E-state index is 6.22. The molecule has 2 N–H and O–H groups in total. The van der Waals surface area contributed by atoms with E-state index in [0.717, 1.165) is 31.8 Å². The molecule has 0 bridgehead atoms. The first-order valence-corrected chi connectivity index (χ1v) is 9.67. The van der Waals surface area contributed by atoms with E-state index in [-0.39, 0.29) is 5.92 Å². The summed E-state index contributed by atoms with van der Waals surface area (Å²) in [4.78, 5) is 7.19. The van der Waals surface area contributed by atoms with E-state index in [1.54, 1.807) is 0 Å². The highest BCUT2D eigenvalue weighted by Crippen LogP contribution is 2.18. The Morgan fingerprint density at radius 2 is 1.75 bits per heavy atom. The summed E-state index contributed by atoms with van der Waals surface area (Å²) < 4.78 is 0. The fourth-order valence-corrected chi connectivity index (χ4v) is 3.41. The van der Waals surface area contributed by atoms with Crippen LogP contribution in [0.3, 0.4) is 0 Å². The number of hydrogen-bond donors (Lipinski definition) is 1. The Kier molecular flexibility index (Phi) is 7.77. The first-order valence-electron chi connectivity index (χ1n) is 9.67. The zero-order valence-electron chi connectivity index (χ0n) is 15.8. The lowest BCUT2D eigenvalue weighted by atomic mass is 9.96. The van der Waals surface area contributed by atoms with E-state index in [2.05, 4.69) is 54.9 Å². The van der Waals surface area contributed by atoms with Crippen LogP contribution in [0.25, 0.3) is 0 Å². The second-order valence-corrected chi connectivity index (χ2v) is 7.62. The number of likely N-dealkylation sites (tertiary alicyclic amines) is 1. The lowest BCUT2D eigenvalue weighted by Gasteiger charge is -2.26. The van der Waals surface area contributed by atoms with Crippen molar-refractivity contribution in [3.8, 4) is 0 Å². The van der Waals surface area contributed by atoms with Crippen molar-refractivity contribution < 1.29 is 0 Å². The van der Waals surface area contributed by atoms with Gasteiger partial charge in [-0.05, 0) is 62.4 Å². The van der Waals surface area contributed by atoms with Gasteiger partial charge in [-0.3, -0.25) is 4.99 Å². The molecule has 0 aromatic heterocycles. The standard InChI is InChI=1S/C21H35N3/c1-17(2)16-19-8-10-20(11-9-19)18(3)21(22)23-12-7-15-24-13-5-4-6-14-24/h8-11,17-18H,4-7,12-16H2,1-3H3,(H2,22,23)/t18-/m1/s1. The predicted molar refractivity (Wildman–Crippen MR) is 105 cm³/mol. The van der Waals surface area contributed by atoms with Crippen molar-refractivity contribution in [3.63, 3.8) is 0 Å². The van der Waals surface area contributed by atoms with Crippen LogP contribution < -0.4 is 5.73 Å². The Morgan fingerprint density at radius 3 is 2.38 bits per heavy atom. The Bertz CT molecular complexity index is 498. The molecule has 1 aromatic rings. The average molecular weight is 330 g/mol. The molecule has 1 aliphatic rings. The Hall–Kier alpha value is -1.35. The van der Waals surface area contributed by atoms with Crippen molar-refractivity contribution in [1.29, 1.82) is 0 Å². The number of nitrogens with zero attached hydrogens (tertiary/aromatic N) is 2. The fourth-order valence-electron chi connectivity index (χ4n) is 3.41. The van der Waals surface area contributed by atoms with Crippen LogP contribution in [0.2, 0.25) is 0 Å². The van der Waals surface area contributed by atoms with Crippen molar-refractivity contribution in [2.45, 2.75) is 58.8 Å². The minimum Gasteiger partial charge on any atom is -0.387 e. The molecule has 0 unspecified atom stereocenters. The number of nitrogens with two attached hydrogens (primary N) is 1. The number of hydrogen-bond acceptors (Lipinski definition) is 2. The molecule has 1 fully saturated rings. The van der Waals surface area contributed by atoms with Crippen LogP contribution in [0, 0.1) is 5.92 Å². The molecule has 1 aliphatic heterocycles. The average Bonchev–Trinajstić information content (AvgIpc) is 2.59. The molecule has 0 saturated carbocycles. The molecular weight excluding hydrogens is 294 g/mol. The molecule has 0 spiro atoms. The molecular formula is C21H35N3. The molecule has 1 saturated heterocycles. The summed E-state index contributed by atoms with van der Waals surface area (Å²) in [7, 11) is 0. The van der Waals surface area contributed by atoms with Crippen molar-refractivity contribution in [1.82, 2.24) is 4.90 Å². The van der Waals surface area contributed by atoms with Crippen LogP contribution in [0.1, 0.15) is 63.5 Å². The van der Waals surface area contributed by atoms with Crippen LogP contribution in [-0.4, -0.2) is 36.9 Å². The highest BCUT2D eigenvalue weighted by atomic mass is 15.1. The first kappa shape index (κ1) is 19.0. The maximum absolute atomic E-state index is 6.22. The number of aliphatic imine (C=N–C) groups is 1. The van der Waals surface area contributed by atoms with Crippen molar-refractivity contribution in [2.75, 3.05) is 26.2 Å². The third-order valence-corrected chi connectivity index (χ3v) is 4.94.